The lowest BCUT2D eigenvalue weighted by molar-refractivity contribution is -0.386. The second-order valence-corrected chi connectivity index (χ2v) is 3.96. The Kier molecular flexibility index (Phi) is 4.08. The molecule has 2 aromatic rings. The van der Waals surface area contributed by atoms with Gasteiger partial charge in [-0.3, -0.25) is 10.1 Å². The Balaban J connectivity index is 2.27. The van der Waals surface area contributed by atoms with Crippen LogP contribution in [0.3, 0.4) is 0 Å². The van der Waals surface area contributed by atoms with Gasteiger partial charge >= 0.3 is 5.69 Å². The number of nitrogens with zero attached hydrogens (tertiary/aromatic N) is 4. The highest BCUT2D eigenvalue weighted by molar-refractivity contribution is 5.51. The van der Waals surface area contributed by atoms with Gasteiger partial charge in [-0.1, -0.05) is 6.07 Å². The Hall–Kier alpha value is -3.45. The van der Waals surface area contributed by atoms with E-state index in [0.29, 0.717) is 5.56 Å². The van der Waals surface area contributed by atoms with E-state index in [1.807, 2.05) is 12.1 Å². The van der Waals surface area contributed by atoms with Gasteiger partial charge in [0.2, 0.25) is 0 Å². The molecule has 0 amide bonds. The Labute approximate surface area is 119 Å². The molecule has 0 bridgehead atoms. The van der Waals surface area contributed by atoms with Gasteiger partial charge in [0.1, 0.15) is 18.4 Å². The van der Waals surface area contributed by atoms with Crippen LogP contribution in [0.2, 0.25) is 0 Å². The van der Waals surface area contributed by atoms with E-state index >= 15 is 0 Å². The van der Waals surface area contributed by atoms with Crippen molar-refractivity contribution in [1.82, 2.24) is 4.98 Å². The molecule has 0 spiro atoms. The first-order chi connectivity index (χ1) is 10.2. The van der Waals surface area contributed by atoms with Gasteiger partial charge in [0.15, 0.2) is 5.75 Å². The molecule has 1 heterocycles. The maximum Gasteiger partial charge on any atom is 0.312 e. The first-order valence-corrected chi connectivity index (χ1v) is 5.81. The van der Waals surface area contributed by atoms with Crippen molar-refractivity contribution in [1.29, 1.82) is 10.5 Å². The van der Waals surface area contributed by atoms with Crippen molar-refractivity contribution in [2.75, 3.05) is 0 Å². The minimum absolute atomic E-state index is 0.0243. The first kappa shape index (κ1) is 14.0. The van der Waals surface area contributed by atoms with E-state index in [0.717, 1.165) is 6.07 Å². The number of benzene rings is 1. The number of nitriles is 2. The zero-order valence-electron chi connectivity index (χ0n) is 10.7. The fourth-order valence-corrected chi connectivity index (χ4v) is 1.66. The third-order valence-corrected chi connectivity index (χ3v) is 2.67. The van der Waals surface area contributed by atoms with E-state index < -0.39 is 4.92 Å². The third-order valence-electron chi connectivity index (χ3n) is 2.67. The van der Waals surface area contributed by atoms with E-state index in [1.54, 1.807) is 12.1 Å². The average molecular weight is 280 g/mol. The number of ether oxygens (including phenoxy) is 1. The maximum atomic E-state index is 11.0. The van der Waals surface area contributed by atoms with Crippen molar-refractivity contribution in [3.63, 3.8) is 0 Å². The van der Waals surface area contributed by atoms with Gasteiger partial charge in [-0.15, -0.1) is 0 Å². The number of pyridine rings is 1. The number of aromatic nitrogens is 1. The predicted octanol–water partition coefficient (Wildman–Crippen LogP) is 2.31. The first-order valence-electron chi connectivity index (χ1n) is 5.81. The molecule has 0 saturated heterocycles. The molecule has 0 unspecified atom stereocenters. The molecule has 7 heteroatoms. The summed E-state index contributed by atoms with van der Waals surface area (Å²) in [5, 5.41) is 28.6. The topological polar surface area (TPSA) is 113 Å². The minimum Gasteiger partial charge on any atom is -0.482 e. The summed E-state index contributed by atoms with van der Waals surface area (Å²) in [7, 11) is 0. The standard InChI is InChI=1S/C14H8N4O3/c15-7-10-3-4-14(13(6-10)18(19)20)21-9-11-2-1-5-17-12(11)8-16/h1-6H,9H2. The van der Waals surface area contributed by atoms with E-state index in [2.05, 4.69) is 4.98 Å². The van der Waals surface area contributed by atoms with Crippen LogP contribution >= 0.6 is 0 Å². The van der Waals surface area contributed by atoms with E-state index in [-0.39, 0.29) is 29.3 Å². The predicted molar refractivity (Wildman–Crippen MR) is 71.1 cm³/mol. The summed E-state index contributed by atoms with van der Waals surface area (Å²) in [4.78, 5) is 14.2. The summed E-state index contributed by atoms with van der Waals surface area (Å²) < 4.78 is 5.38. The smallest absolute Gasteiger partial charge is 0.312 e. The summed E-state index contributed by atoms with van der Waals surface area (Å²) in [6.07, 6.45) is 1.48. The molecule has 0 aliphatic carbocycles. The second kappa shape index (κ2) is 6.13. The number of hydrogen-bond acceptors (Lipinski definition) is 6. The van der Waals surface area contributed by atoms with E-state index in [9.17, 15) is 10.1 Å². The van der Waals surface area contributed by atoms with Gasteiger partial charge in [0, 0.05) is 17.8 Å². The van der Waals surface area contributed by atoms with Gasteiger partial charge in [0.05, 0.1) is 16.6 Å². The summed E-state index contributed by atoms with van der Waals surface area (Å²) in [6, 6.07) is 11.0. The maximum absolute atomic E-state index is 11.0. The van der Waals surface area contributed by atoms with Crippen LogP contribution in [0, 0.1) is 32.8 Å². The molecule has 0 aliphatic rings. The van der Waals surface area contributed by atoms with Crippen LogP contribution in [0.1, 0.15) is 16.8 Å². The molecule has 0 aliphatic heterocycles. The van der Waals surface area contributed by atoms with Gasteiger partial charge < -0.3 is 4.74 Å². The quantitative estimate of drug-likeness (QED) is 0.627. The zero-order chi connectivity index (χ0) is 15.2. The molecule has 102 valence electrons. The molecule has 21 heavy (non-hydrogen) atoms. The lowest BCUT2D eigenvalue weighted by Crippen LogP contribution is -2.02. The van der Waals surface area contributed by atoms with Gasteiger partial charge in [-0.25, -0.2) is 4.98 Å². The molecular weight excluding hydrogens is 272 g/mol. The van der Waals surface area contributed by atoms with Crippen LogP contribution in [-0.4, -0.2) is 9.91 Å². The van der Waals surface area contributed by atoms with Crippen LogP contribution in [0.25, 0.3) is 0 Å². The fourth-order valence-electron chi connectivity index (χ4n) is 1.66. The van der Waals surface area contributed by atoms with E-state index in [4.69, 9.17) is 15.3 Å². The van der Waals surface area contributed by atoms with Gasteiger partial charge in [-0.05, 0) is 18.2 Å². The number of nitro groups is 1. The minimum atomic E-state index is -0.620. The van der Waals surface area contributed by atoms with Crippen LogP contribution in [0.15, 0.2) is 36.5 Å². The van der Waals surface area contributed by atoms with E-state index in [1.165, 1.54) is 18.3 Å². The van der Waals surface area contributed by atoms with Crippen molar-refractivity contribution >= 4 is 5.69 Å². The molecular formula is C14H8N4O3. The Morgan fingerprint density at radius 1 is 1.29 bits per heavy atom. The Morgan fingerprint density at radius 3 is 2.76 bits per heavy atom. The summed E-state index contributed by atoms with van der Waals surface area (Å²) >= 11 is 0. The summed E-state index contributed by atoms with van der Waals surface area (Å²) in [5.74, 6) is 0.0340. The SMILES string of the molecule is N#Cc1ccc(OCc2cccnc2C#N)c([N+](=O)[O-])c1. The largest absolute Gasteiger partial charge is 0.482 e. The third kappa shape index (κ3) is 3.11. The second-order valence-electron chi connectivity index (χ2n) is 3.96. The average Bonchev–Trinajstić information content (AvgIpc) is 2.52. The Bertz CT molecular complexity index is 775. The van der Waals surface area contributed by atoms with Gasteiger partial charge in [-0.2, -0.15) is 10.5 Å². The van der Waals surface area contributed by atoms with Crippen molar-refractivity contribution in [3.8, 4) is 17.9 Å². The Morgan fingerprint density at radius 2 is 2.10 bits per heavy atom. The zero-order valence-corrected chi connectivity index (χ0v) is 10.7. The van der Waals surface area contributed by atoms with Crippen molar-refractivity contribution in [2.45, 2.75) is 6.61 Å². The van der Waals surface area contributed by atoms with Crippen LogP contribution in [0.4, 0.5) is 5.69 Å². The lowest BCUT2D eigenvalue weighted by Gasteiger charge is -2.07. The van der Waals surface area contributed by atoms with Crippen LogP contribution in [0.5, 0.6) is 5.75 Å². The number of rotatable bonds is 4. The molecule has 1 aromatic heterocycles. The normalized spacial score (nSPS) is 9.43. The highest BCUT2D eigenvalue weighted by Gasteiger charge is 2.16. The van der Waals surface area contributed by atoms with Crippen LogP contribution in [-0.2, 0) is 6.61 Å². The van der Waals surface area contributed by atoms with Crippen molar-refractivity contribution in [2.24, 2.45) is 0 Å². The van der Waals surface area contributed by atoms with Crippen molar-refractivity contribution in [3.05, 3.63) is 63.5 Å². The molecule has 2 rings (SSSR count). The molecule has 0 atom stereocenters. The molecule has 7 nitrogen and oxygen atoms in total. The molecule has 0 fully saturated rings. The summed E-state index contributed by atoms with van der Waals surface area (Å²) in [6.45, 7) is -0.0243. The van der Waals surface area contributed by atoms with Gasteiger partial charge in [0.25, 0.3) is 0 Å². The highest BCUT2D eigenvalue weighted by atomic mass is 16.6. The van der Waals surface area contributed by atoms with Crippen molar-refractivity contribution < 1.29 is 9.66 Å². The molecule has 0 radical (unpaired) electrons. The fraction of sp³-hybridized carbons (Fsp3) is 0.0714. The molecule has 0 N–H and O–H groups in total. The number of hydrogen-bond donors (Lipinski definition) is 0. The highest BCUT2D eigenvalue weighted by Crippen LogP contribution is 2.28. The number of nitro benzene ring substituents is 1. The summed E-state index contributed by atoms with van der Waals surface area (Å²) in [5.41, 5.74) is 0.608. The van der Waals surface area contributed by atoms with Crippen LogP contribution < -0.4 is 4.74 Å². The molecule has 1 aromatic carbocycles. The lowest BCUT2D eigenvalue weighted by atomic mass is 10.2. The monoisotopic (exact) mass is 280 g/mol. The molecule has 0 saturated carbocycles.